The first-order valence-electron chi connectivity index (χ1n) is 7.75. The van der Waals surface area contributed by atoms with E-state index >= 15 is 0 Å². The Hall–Kier alpha value is -1.06. The summed E-state index contributed by atoms with van der Waals surface area (Å²) >= 11 is 0. The van der Waals surface area contributed by atoms with Crippen LogP contribution in [-0.2, 0) is 0 Å². The van der Waals surface area contributed by atoms with E-state index in [1.165, 1.54) is 12.8 Å². The lowest BCUT2D eigenvalue weighted by atomic mass is 9.81. The van der Waals surface area contributed by atoms with Crippen LogP contribution in [0.4, 0.5) is 0 Å². The molecule has 1 aromatic carbocycles. The summed E-state index contributed by atoms with van der Waals surface area (Å²) in [6, 6.07) is 7.84. The highest BCUT2D eigenvalue weighted by Gasteiger charge is 2.42. The van der Waals surface area contributed by atoms with Gasteiger partial charge in [0.25, 0.3) is 0 Å². The number of benzene rings is 1. The van der Waals surface area contributed by atoms with Crippen LogP contribution in [0, 0.1) is 0 Å². The minimum absolute atomic E-state index is 0.175. The monoisotopic (exact) mass is 277 g/mol. The average molecular weight is 277 g/mol. The van der Waals surface area contributed by atoms with Crippen molar-refractivity contribution in [2.24, 2.45) is 0 Å². The average Bonchev–Trinajstić information content (AvgIpc) is 3.03. The molecule has 1 saturated heterocycles. The SMILES string of the molecule is CCC(CC)(C(O)c1ccccc1OC)N1CCCC1. The third kappa shape index (κ3) is 2.57. The van der Waals surface area contributed by atoms with Crippen molar-refractivity contribution in [1.82, 2.24) is 4.90 Å². The van der Waals surface area contributed by atoms with Crippen LogP contribution in [0.1, 0.15) is 51.2 Å². The van der Waals surface area contributed by atoms with E-state index in [4.69, 9.17) is 4.74 Å². The first-order chi connectivity index (χ1) is 9.69. The number of hydrogen-bond acceptors (Lipinski definition) is 3. The Kier molecular flexibility index (Phi) is 5.06. The zero-order valence-electron chi connectivity index (χ0n) is 12.9. The Bertz CT molecular complexity index is 423. The fourth-order valence-electron chi connectivity index (χ4n) is 3.60. The molecule has 0 bridgehead atoms. The summed E-state index contributed by atoms with van der Waals surface area (Å²) in [5, 5.41) is 11.1. The second-order valence-corrected chi connectivity index (χ2v) is 5.65. The van der Waals surface area contributed by atoms with Crippen molar-refractivity contribution in [3.63, 3.8) is 0 Å². The van der Waals surface area contributed by atoms with Gasteiger partial charge in [0, 0.05) is 5.56 Å². The Morgan fingerprint density at radius 1 is 1.20 bits per heavy atom. The van der Waals surface area contributed by atoms with Crippen LogP contribution in [0.15, 0.2) is 24.3 Å². The van der Waals surface area contributed by atoms with Gasteiger partial charge in [0.2, 0.25) is 0 Å². The smallest absolute Gasteiger partial charge is 0.124 e. The van der Waals surface area contributed by atoms with Crippen molar-refractivity contribution in [2.75, 3.05) is 20.2 Å². The fourth-order valence-corrected chi connectivity index (χ4v) is 3.60. The first-order valence-corrected chi connectivity index (χ1v) is 7.75. The molecule has 0 spiro atoms. The van der Waals surface area contributed by atoms with E-state index in [-0.39, 0.29) is 5.54 Å². The molecule has 1 atom stereocenters. The predicted octanol–water partition coefficient (Wildman–Crippen LogP) is 3.38. The van der Waals surface area contributed by atoms with Crippen LogP contribution in [-0.4, -0.2) is 35.7 Å². The van der Waals surface area contributed by atoms with Gasteiger partial charge in [-0.15, -0.1) is 0 Å². The molecule has 1 heterocycles. The minimum Gasteiger partial charge on any atom is -0.496 e. The Labute approximate surface area is 122 Å². The Balaban J connectivity index is 2.37. The predicted molar refractivity (Wildman–Crippen MR) is 82.1 cm³/mol. The van der Waals surface area contributed by atoms with Gasteiger partial charge in [0.1, 0.15) is 11.9 Å². The normalized spacial score (nSPS) is 18.2. The van der Waals surface area contributed by atoms with E-state index in [1.54, 1.807) is 7.11 Å². The number of para-hydroxylation sites is 1. The van der Waals surface area contributed by atoms with Gasteiger partial charge in [0.15, 0.2) is 0 Å². The molecule has 0 amide bonds. The van der Waals surface area contributed by atoms with Gasteiger partial charge in [-0.05, 0) is 44.8 Å². The molecule has 1 aliphatic rings. The molecule has 0 aromatic heterocycles. The molecular formula is C17H27NO2. The molecule has 3 heteroatoms. The van der Waals surface area contributed by atoms with E-state index < -0.39 is 6.10 Å². The van der Waals surface area contributed by atoms with Crippen LogP contribution in [0.25, 0.3) is 0 Å². The van der Waals surface area contributed by atoms with Crippen molar-refractivity contribution in [2.45, 2.75) is 51.2 Å². The van der Waals surface area contributed by atoms with Crippen molar-refractivity contribution in [3.8, 4) is 5.75 Å². The molecule has 1 fully saturated rings. The summed E-state index contributed by atoms with van der Waals surface area (Å²) in [6.07, 6.45) is 3.86. The third-order valence-electron chi connectivity index (χ3n) is 4.90. The number of hydrogen-bond donors (Lipinski definition) is 1. The highest BCUT2D eigenvalue weighted by atomic mass is 16.5. The van der Waals surface area contributed by atoms with Crippen molar-refractivity contribution in [1.29, 1.82) is 0 Å². The minimum atomic E-state index is -0.508. The van der Waals surface area contributed by atoms with Crippen LogP contribution >= 0.6 is 0 Å². The lowest BCUT2D eigenvalue weighted by Crippen LogP contribution is -2.51. The zero-order valence-corrected chi connectivity index (χ0v) is 12.9. The zero-order chi connectivity index (χ0) is 14.6. The molecule has 1 unspecified atom stereocenters. The van der Waals surface area contributed by atoms with E-state index in [1.807, 2.05) is 24.3 Å². The van der Waals surface area contributed by atoms with Crippen molar-refractivity contribution < 1.29 is 9.84 Å². The number of aliphatic hydroxyl groups is 1. The maximum Gasteiger partial charge on any atom is 0.124 e. The number of aliphatic hydroxyl groups excluding tert-OH is 1. The van der Waals surface area contributed by atoms with Crippen molar-refractivity contribution >= 4 is 0 Å². The molecule has 20 heavy (non-hydrogen) atoms. The molecule has 1 aromatic rings. The van der Waals surface area contributed by atoms with Gasteiger partial charge >= 0.3 is 0 Å². The van der Waals surface area contributed by atoms with E-state index in [9.17, 15) is 5.11 Å². The number of likely N-dealkylation sites (tertiary alicyclic amines) is 1. The summed E-state index contributed by atoms with van der Waals surface area (Å²) in [4.78, 5) is 2.48. The topological polar surface area (TPSA) is 32.7 Å². The van der Waals surface area contributed by atoms with Crippen LogP contribution in [0.5, 0.6) is 5.75 Å². The first kappa shape index (κ1) is 15.3. The van der Waals surface area contributed by atoms with Crippen LogP contribution in [0.2, 0.25) is 0 Å². The standard InChI is InChI=1S/C17H27NO2/c1-4-17(5-2,18-12-8-9-13-18)16(19)14-10-6-7-11-15(14)20-3/h6-7,10-11,16,19H,4-5,8-9,12-13H2,1-3H3. The maximum atomic E-state index is 11.1. The molecule has 0 radical (unpaired) electrons. The molecule has 1 N–H and O–H groups in total. The van der Waals surface area contributed by atoms with Gasteiger partial charge in [-0.25, -0.2) is 0 Å². The van der Waals surface area contributed by atoms with Gasteiger partial charge in [-0.1, -0.05) is 32.0 Å². The van der Waals surface area contributed by atoms with Crippen molar-refractivity contribution in [3.05, 3.63) is 29.8 Å². The quantitative estimate of drug-likeness (QED) is 0.865. The van der Waals surface area contributed by atoms with Gasteiger partial charge in [0.05, 0.1) is 12.6 Å². The second kappa shape index (κ2) is 6.59. The van der Waals surface area contributed by atoms with E-state index in [0.717, 1.165) is 37.2 Å². The molecule has 1 aliphatic heterocycles. The molecule has 2 rings (SSSR count). The Morgan fingerprint density at radius 3 is 2.35 bits per heavy atom. The Morgan fingerprint density at radius 2 is 1.80 bits per heavy atom. The summed E-state index contributed by atoms with van der Waals surface area (Å²) in [5.74, 6) is 0.783. The number of rotatable bonds is 6. The highest BCUT2D eigenvalue weighted by Crippen LogP contribution is 2.41. The van der Waals surface area contributed by atoms with Gasteiger partial charge in [-0.3, -0.25) is 4.90 Å². The number of nitrogens with zero attached hydrogens (tertiary/aromatic N) is 1. The maximum absolute atomic E-state index is 11.1. The van der Waals surface area contributed by atoms with Gasteiger partial charge < -0.3 is 9.84 Å². The van der Waals surface area contributed by atoms with E-state index in [0.29, 0.717) is 0 Å². The van der Waals surface area contributed by atoms with E-state index in [2.05, 4.69) is 18.7 Å². The number of ether oxygens (including phenoxy) is 1. The highest BCUT2D eigenvalue weighted by molar-refractivity contribution is 5.37. The lowest BCUT2D eigenvalue weighted by Gasteiger charge is -2.45. The second-order valence-electron chi connectivity index (χ2n) is 5.65. The third-order valence-corrected chi connectivity index (χ3v) is 4.90. The van der Waals surface area contributed by atoms with Crippen LogP contribution < -0.4 is 4.74 Å². The van der Waals surface area contributed by atoms with Crippen LogP contribution in [0.3, 0.4) is 0 Å². The van der Waals surface area contributed by atoms with Gasteiger partial charge in [-0.2, -0.15) is 0 Å². The molecule has 0 saturated carbocycles. The number of methoxy groups -OCH3 is 1. The molecule has 112 valence electrons. The molecule has 3 nitrogen and oxygen atoms in total. The summed E-state index contributed by atoms with van der Waals surface area (Å²) in [6.45, 7) is 6.54. The largest absolute Gasteiger partial charge is 0.496 e. The molecular weight excluding hydrogens is 250 g/mol. The summed E-state index contributed by atoms with van der Waals surface area (Å²) in [5.41, 5.74) is 0.733. The molecule has 0 aliphatic carbocycles. The summed E-state index contributed by atoms with van der Waals surface area (Å²) < 4.78 is 5.43. The lowest BCUT2D eigenvalue weighted by molar-refractivity contribution is -0.0304. The summed E-state index contributed by atoms with van der Waals surface area (Å²) in [7, 11) is 1.67. The fraction of sp³-hybridized carbons (Fsp3) is 0.647.